The Morgan fingerprint density at radius 2 is 2.00 bits per heavy atom. The normalized spacial score (nSPS) is 12.4. The molecule has 0 radical (unpaired) electrons. The van der Waals surface area contributed by atoms with Gasteiger partial charge in [-0.2, -0.15) is 0 Å². The van der Waals surface area contributed by atoms with Crippen LogP contribution < -0.4 is 5.32 Å². The maximum atomic E-state index is 5.49. The molecule has 18 heavy (non-hydrogen) atoms. The fraction of sp³-hybridized carbons (Fsp3) is 0.571. The van der Waals surface area contributed by atoms with Crippen LogP contribution in [0.1, 0.15) is 12.5 Å². The zero-order chi connectivity index (χ0) is 13.2. The van der Waals surface area contributed by atoms with Gasteiger partial charge in [0.05, 0.1) is 26.4 Å². The summed E-state index contributed by atoms with van der Waals surface area (Å²) in [5, 5.41) is 3.38. The van der Waals surface area contributed by atoms with Gasteiger partial charge < -0.3 is 19.5 Å². The number of hydrogen-bond acceptors (Lipinski definition) is 4. The van der Waals surface area contributed by atoms with Gasteiger partial charge in [0.25, 0.3) is 0 Å². The van der Waals surface area contributed by atoms with Crippen LogP contribution in [0.2, 0.25) is 0 Å². The Hall–Kier alpha value is -1.10. The summed E-state index contributed by atoms with van der Waals surface area (Å²) in [6.45, 7) is 4.63. The average Bonchev–Trinajstić information content (AvgIpc) is 2.35. The van der Waals surface area contributed by atoms with E-state index in [1.807, 2.05) is 12.1 Å². The van der Waals surface area contributed by atoms with Crippen molar-refractivity contribution in [2.75, 3.05) is 39.4 Å². The van der Waals surface area contributed by atoms with E-state index < -0.39 is 0 Å². The molecule has 0 aliphatic carbocycles. The van der Waals surface area contributed by atoms with Gasteiger partial charge in [-0.25, -0.2) is 0 Å². The zero-order valence-electron chi connectivity index (χ0n) is 11.4. The minimum atomic E-state index is 0.291. The molecule has 0 spiro atoms. The van der Waals surface area contributed by atoms with Gasteiger partial charge in [-0.15, -0.1) is 0 Å². The maximum absolute atomic E-state index is 5.49. The van der Waals surface area contributed by atoms with Crippen LogP contribution in [0, 0.1) is 0 Å². The third-order valence-corrected chi connectivity index (χ3v) is 2.46. The fourth-order valence-corrected chi connectivity index (χ4v) is 1.66. The fourth-order valence-electron chi connectivity index (χ4n) is 1.66. The van der Waals surface area contributed by atoms with Crippen LogP contribution in [0.3, 0.4) is 0 Å². The van der Waals surface area contributed by atoms with Crippen LogP contribution in [0.5, 0.6) is 0 Å². The number of benzene rings is 1. The van der Waals surface area contributed by atoms with Gasteiger partial charge >= 0.3 is 0 Å². The molecule has 1 aromatic rings. The first-order valence-corrected chi connectivity index (χ1v) is 6.17. The largest absolute Gasteiger partial charge is 0.383 e. The van der Waals surface area contributed by atoms with Gasteiger partial charge in [-0.05, 0) is 24.6 Å². The predicted octanol–water partition coefficient (Wildman–Crippen LogP) is 2.30. The molecule has 4 nitrogen and oxygen atoms in total. The van der Waals surface area contributed by atoms with E-state index in [0.717, 1.165) is 11.3 Å². The molecule has 0 heterocycles. The molecule has 1 N–H and O–H groups in total. The molecule has 0 saturated carbocycles. The summed E-state index contributed by atoms with van der Waals surface area (Å²) >= 11 is 0. The molecule has 0 aliphatic rings. The van der Waals surface area contributed by atoms with E-state index >= 15 is 0 Å². The first kappa shape index (κ1) is 15.0. The minimum absolute atomic E-state index is 0.291. The van der Waals surface area contributed by atoms with Gasteiger partial charge in [-0.3, -0.25) is 0 Å². The molecule has 1 rings (SSSR count). The van der Waals surface area contributed by atoms with Gasteiger partial charge in [0.2, 0.25) is 0 Å². The van der Waals surface area contributed by atoms with Gasteiger partial charge in [0.15, 0.2) is 0 Å². The molecule has 1 aromatic carbocycles. The predicted molar refractivity (Wildman–Crippen MR) is 72.9 cm³/mol. The number of hydrogen-bond donors (Lipinski definition) is 1. The number of nitrogens with one attached hydrogen (secondary N) is 1. The molecule has 0 aliphatic heterocycles. The number of methoxy groups -OCH3 is 2. The summed E-state index contributed by atoms with van der Waals surface area (Å²) in [5.74, 6) is 0. The highest BCUT2D eigenvalue weighted by Crippen LogP contribution is 2.12. The lowest BCUT2D eigenvalue weighted by atomic mass is 10.2. The Labute approximate surface area is 109 Å². The highest BCUT2D eigenvalue weighted by molar-refractivity contribution is 5.46. The monoisotopic (exact) mass is 253 g/mol. The van der Waals surface area contributed by atoms with E-state index in [0.29, 0.717) is 32.5 Å². The quantitative estimate of drug-likeness (QED) is 0.685. The maximum Gasteiger partial charge on any atom is 0.0718 e. The first-order chi connectivity index (χ1) is 8.76. The summed E-state index contributed by atoms with van der Waals surface area (Å²) in [7, 11) is 3.38. The van der Waals surface area contributed by atoms with Crippen molar-refractivity contribution >= 4 is 5.69 Å². The van der Waals surface area contributed by atoms with Crippen molar-refractivity contribution in [2.45, 2.75) is 19.6 Å². The standard InChI is InChI=1S/C14H23NO3/c1-12(10-17-3)15-14-6-4-5-13(9-14)11-18-8-7-16-2/h4-6,9,12,15H,7-8,10-11H2,1-3H3. The van der Waals surface area contributed by atoms with Crippen molar-refractivity contribution in [3.05, 3.63) is 29.8 Å². The summed E-state index contributed by atoms with van der Waals surface area (Å²) < 4.78 is 15.5. The number of anilines is 1. The lowest BCUT2D eigenvalue weighted by Gasteiger charge is -2.15. The van der Waals surface area contributed by atoms with E-state index in [4.69, 9.17) is 14.2 Å². The molecule has 102 valence electrons. The third kappa shape index (κ3) is 6.00. The minimum Gasteiger partial charge on any atom is -0.383 e. The Morgan fingerprint density at radius 1 is 1.17 bits per heavy atom. The molecule has 4 heteroatoms. The lowest BCUT2D eigenvalue weighted by Crippen LogP contribution is -2.20. The Morgan fingerprint density at radius 3 is 2.72 bits per heavy atom. The van der Waals surface area contributed by atoms with Crippen LogP contribution in [-0.2, 0) is 20.8 Å². The second-order valence-electron chi connectivity index (χ2n) is 4.25. The van der Waals surface area contributed by atoms with Crippen molar-refractivity contribution in [2.24, 2.45) is 0 Å². The highest BCUT2D eigenvalue weighted by atomic mass is 16.5. The van der Waals surface area contributed by atoms with Crippen LogP contribution >= 0.6 is 0 Å². The van der Waals surface area contributed by atoms with E-state index in [1.54, 1.807) is 14.2 Å². The van der Waals surface area contributed by atoms with Gasteiger partial charge in [0, 0.05) is 25.9 Å². The molecular formula is C14H23NO3. The van der Waals surface area contributed by atoms with Crippen molar-refractivity contribution in [1.29, 1.82) is 0 Å². The lowest BCUT2D eigenvalue weighted by molar-refractivity contribution is 0.0617. The van der Waals surface area contributed by atoms with Crippen molar-refractivity contribution in [3.63, 3.8) is 0 Å². The SMILES string of the molecule is COCCOCc1cccc(NC(C)COC)c1. The summed E-state index contributed by atoms with van der Waals surface area (Å²) in [4.78, 5) is 0. The van der Waals surface area contributed by atoms with E-state index in [9.17, 15) is 0 Å². The Bertz CT molecular complexity index is 331. The summed E-state index contributed by atoms with van der Waals surface area (Å²) in [6, 6.07) is 8.51. The van der Waals surface area contributed by atoms with Crippen molar-refractivity contribution in [1.82, 2.24) is 0 Å². The molecule has 1 atom stereocenters. The third-order valence-electron chi connectivity index (χ3n) is 2.46. The van der Waals surface area contributed by atoms with Gasteiger partial charge in [-0.1, -0.05) is 12.1 Å². The van der Waals surface area contributed by atoms with E-state index in [2.05, 4.69) is 24.4 Å². The molecule has 1 unspecified atom stereocenters. The number of ether oxygens (including phenoxy) is 3. The van der Waals surface area contributed by atoms with E-state index in [1.165, 1.54) is 0 Å². The summed E-state index contributed by atoms with van der Waals surface area (Å²) in [6.07, 6.45) is 0. The molecule has 0 fully saturated rings. The topological polar surface area (TPSA) is 39.7 Å². The highest BCUT2D eigenvalue weighted by Gasteiger charge is 2.02. The summed E-state index contributed by atoms with van der Waals surface area (Å²) in [5.41, 5.74) is 2.24. The Balaban J connectivity index is 2.41. The average molecular weight is 253 g/mol. The smallest absolute Gasteiger partial charge is 0.0718 e. The molecule has 0 amide bonds. The molecule has 0 bridgehead atoms. The van der Waals surface area contributed by atoms with Gasteiger partial charge in [0.1, 0.15) is 0 Å². The Kier molecular flexibility index (Phi) is 7.41. The van der Waals surface area contributed by atoms with Crippen molar-refractivity contribution in [3.8, 4) is 0 Å². The van der Waals surface area contributed by atoms with E-state index in [-0.39, 0.29) is 0 Å². The molecule has 0 aromatic heterocycles. The second-order valence-corrected chi connectivity index (χ2v) is 4.25. The second kappa shape index (κ2) is 8.91. The van der Waals surface area contributed by atoms with Crippen LogP contribution in [0.15, 0.2) is 24.3 Å². The van der Waals surface area contributed by atoms with Crippen LogP contribution in [0.4, 0.5) is 5.69 Å². The molecular weight excluding hydrogens is 230 g/mol. The zero-order valence-corrected chi connectivity index (χ0v) is 11.4. The van der Waals surface area contributed by atoms with Crippen LogP contribution in [-0.4, -0.2) is 40.1 Å². The van der Waals surface area contributed by atoms with Crippen LogP contribution in [0.25, 0.3) is 0 Å². The number of rotatable bonds is 9. The molecule has 0 saturated heterocycles. The van der Waals surface area contributed by atoms with Crippen molar-refractivity contribution < 1.29 is 14.2 Å². The first-order valence-electron chi connectivity index (χ1n) is 6.17.